The molecule has 2 aliphatic rings. The summed E-state index contributed by atoms with van der Waals surface area (Å²) in [6, 6.07) is 3.06. The van der Waals surface area contributed by atoms with Crippen LogP contribution in [0.5, 0.6) is 5.75 Å². The van der Waals surface area contributed by atoms with Crippen LogP contribution in [0.25, 0.3) is 0 Å². The normalized spacial score (nSPS) is 24.4. The number of ether oxygens (including phenoxy) is 2. The van der Waals surface area contributed by atoms with Crippen LogP contribution >= 0.6 is 34.8 Å². The summed E-state index contributed by atoms with van der Waals surface area (Å²) < 4.78 is 11.4. The number of amides is 1. The maximum absolute atomic E-state index is 12.5. The molecule has 2 heterocycles. The van der Waals surface area contributed by atoms with Gasteiger partial charge in [0.2, 0.25) is 0 Å². The molecule has 2 atom stereocenters. The van der Waals surface area contributed by atoms with E-state index in [2.05, 4.69) is 18.7 Å². The van der Waals surface area contributed by atoms with Crippen LogP contribution in [0.3, 0.4) is 0 Å². The minimum atomic E-state index is -0.0547. The molecule has 28 heavy (non-hydrogen) atoms. The fourth-order valence-corrected chi connectivity index (χ4v) is 4.60. The van der Waals surface area contributed by atoms with Gasteiger partial charge in [0.15, 0.2) is 6.61 Å². The summed E-state index contributed by atoms with van der Waals surface area (Å²) in [4.78, 5) is 16.9. The van der Waals surface area contributed by atoms with Gasteiger partial charge in [-0.2, -0.15) is 0 Å². The molecule has 2 fully saturated rings. The van der Waals surface area contributed by atoms with Crippen molar-refractivity contribution in [2.24, 2.45) is 5.92 Å². The van der Waals surface area contributed by atoms with Gasteiger partial charge >= 0.3 is 0 Å². The Bertz CT molecular complexity index is 686. The van der Waals surface area contributed by atoms with Gasteiger partial charge < -0.3 is 14.4 Å². The van der Waals surface area contributed by atoms with Crippen molar-refractivity contribution in [3.05, 3.63) is 27.2 Å². The summed E-state index contributed by atoms with van der Waals surface area (Å²) in [7, 11) is 0. The third-order valence-corrected chi connectivity index (χ3v) is 6.32. The quantitative estimate of drug-likeness (QED) is 0.626. The van der Waals surface area contributed by atoms with Crippen LogP contribution in [0.15, 0.2) is 12.1 Å². The van der Waals surface area contributed by atoms with Crippen molar-refractivity contribution < 1.29 is 14.3 Å². The number of hydrogen-bond donors (Lipinski definition) is 0. The number of morpholine rings is 1. The van der Waals surface area contributed by atoms with Gasteiger partial charge in [0.1, 0.15) is 5.75 Å². The third-order valence-electron chi connectivity index (χ3n) is 5.30. The van der Waals surface area contributed by atoms with E-state index in [4.69, 9.17) is 44.3 Å². The van der Waals surface area contributed by atoms with E-state index in [1.807, 2.05) is 4.90 Å². The van der Waals surface area contributed by atoms with Crippen molar-refractivity contribution in [3.8, 4) is 5.75 Å². The fraction of sp³-hybridized carbons (Fsp3) is 0.650. The lowest BCUT2D eigenvalue weighted by Crippen LogP contribution is -2.49. The number of halogens is 3. The Morgan fingerprint density at radius 1 is 1.07 bits per heavy atom. The van der Waals surface area contributed by atoms with E-state index in [-0.39, 0.29) is 24.7 Å². The van der Waals surface area contributed by atoms with E-state index in [1.165, 1.54) is 12.1 Å². The summed E-state index contributed by atoms with van der Waals surface area (Å²) in [5.74, 6) is 0.955. The zero-order chi connectivity index (χ0) is 20.3. The summed E-state index contributed by atoms with van der Waals surface area (Å²) in [5, 5.41) is 1.05. The van der Waals surface area contributed by atoms with E-state index in [0.29, 0.717) is 26.7 Å². The van der Waals surface area contributed by atoms with Crippen LogP contribution in [0.1, 0.15) is 26.7 Å². The van der Waals surface area contributed by atoms with E-state index in [0.717, 1.165) is 45.6 Å². The SMILES string of the molecule is CC1CN(CC2CCN(C(=O)COc3cc(Cl)c(Cl)cc3Cl)CC2)CC(C)O1. The molecule has 2 unspecified atom stereocenters. The second-order valence-corrected chi connectivity index (χ2v) is 9.01. The maximum atomic E-state index is 12.5. The number of carbonyl (C=O) groups is 1. The molecule has 2 aliphatic heterocycles. The molecule has 0 saturated carbocycles. The van der Waals surface area contributed by atoms with Crippen molar-refractivity contribution in [3.63, 3.8) is 0 Å². The van der Waals surface area contributed by atoms with Crippen molar-refractivity contribution in [1.29, 1.82) is 0 Å². The van der Waals surface area contributed by atoms with Crippen LogP contribution < -0.4 is 4.74 Å². The third kappa shape index (κ3) is 5.90. The van der Waals surface area contributed by atoms with E-state index < -0.39 is 0 Å². The van der Waals surface area contributed by atoms with E-state index in [9.17, 15) is 4.79 Å². The Kier molecular flexibility index (Phi) is 7.74. The van der Waals surface area contributed by atoms with E-state index in [1.54, 1.807) is 0 Å². The monoisotopic (exact) mass is 448 g/mol. The predicted molar refractivity (Wildman–Crippen MR) is 113 cm³/mol. The summed E-state index contributed by atoms with van der Waals surface area (Å²) in [5.41, 5.74) is 0. The second kappa shape index (κ2) is 9.86. The van der Waals surface area contributed by atoms with Crippen molar-refractivity contribution >= 4 is 40.7 Å². The highest BCUT2D eigenvalue weighted by molar-refractivity contribution is 6.43. The number of likely N-dealkylation sites (tertiary alicyclic amines) is 1. The molecule has 0 aromatic heterocycles. The summed E-state index contributed by atoms with van der Waals surface area (Å²) in [6.45, 7) is 8.78. The smallest absolute Gasteiger partial charge is 0.260 e. The molecule has 3 rings (SSSR count). The fourth-order valence-electron chi connectivity index (χ4n) is 4.01. The number of piperidine rings is 1. The second-order valence-electron chi connectivity index (χ2n) is 7.79. The molecule has 0 spiro atoms. The van der Waals surface area contributed by atoms with Crippen LogP contribution in [-0.4, -0.2) is 67.2 Å². The molecule has 5 nitrogen and oxygen atoms in total. The highest BCUT2D eigenvalue weighted by Gasteiger charge is 2.28. The van der Waals surface area contributed by atoms with Crippen molar-refractivity contribution in [2.45, 2.75) is 38.9 Å². The zero-order valence-electron chi connectivity index (χ0n) is 16.3. The summed E-state index contributed by atoms with van der Waals surface area (Å²) >= 11 is 18.0. The van der Waals surface area contributed by atoms with Crippen LogP contribution in [0, 0.1) is 5.92 Å². The average molecular weight is 450 g/mol. The number of nitrogens with zero attached hydrogens (tertiary/aromatic N) is 2. The molecular formula is C20H27Cl3N2O3. The lowest BCUT2D eigenvalue weighted by atomic mass is 9.95. The van der Waals surface area contributed by atoms with E-state index >= 15 is 0 Å². The van der Waals surface area contributed by atoms with Crippen LogP contribution in [0.4, 0.5) is 0 Å². The molecule has 1 aromatic rings. The number of benzene rings is 1. The molecule has 8 heteroatoms. The van der Waals surface area contributed by atoms with Gasteiger partial charge in [0.05, 0.1) is 27.3 Å². The van der Waals surface area contributed by atoms with Gasteiger partial charge in [0.25, 0.3) is 5.91 Å². The van der Waals surface area contributed by atoms with Gasteiger partial charge in [-0.3, -0.25) is 9.69 Å². The van der Waals surface area contributed by atoms with Crippen molar-refractivity contribution in [2.75, 3.05) is 39.3 Å². The van der Waals surface area contributed by atoms with Gasteiger partial charge in [-0.1, -0.05) is 34.8 Å². The lowest BCUT2D eigenvalue weighted by molar-refractivity contribution is -0.135. The molecule has 1 aromatic carbocycles. The minimum absolute atomic E-state index is 0.0331. The van der Waals surface area contributed by atoms with Crippen LogP contribution in [-0.2, 0) is 9.53 Å². The molecule has 1 amide bonds. The topological polar surface area (TPSA) is 42.0 Å². The Labute approximate surface area is 181 Å². The molecule has 156 valence electrons. The molecular weight excluding hydrogens is 423 g/mol. The van der Waals surface area contributed by atoms with Gasteiger partial charge in [-0.25, -0.2) is 0 Å². The van der Waals surface area contributed by atoms with Gasteiger partial charge in [0, 0.05) is 38.8 Å². The molecule has 0 bridgehead atoms. The molecule has 0 N–H and O–H groups in total. The standard InChI is InChI=1S/C20H27Cl3N2O3/c1-13-9-24(10-14(2)28-13)11-15-3-5-25(6-4-15)20(26)12-27-19-8-17(22)16(21)7-18(19)23/h7-8,13-15H,3-6,9-12H2,1-2H3. The molecule has 2 saturated heterocycles. The highest BCUT2D eigenvalue weighted by atomic mass is 35.5. The van der Waals surface area contributed by atoms with Crippen LogP contribution in [0.2, 0.25) is 15.1 Å². The number of rotatable bonds is 5. The highest BCUT2D eigenvalue weighted by Crippen LogP contribution is 2.34. The van der Waals surface area contributed by atoms with Crippen molar-refractivity contribution in [1.82, 2.24) is 9.80 Å². The number of hydrogen-bond acceptors (Lipinski definition) is 4. The zero-order valence-corrected chi connectivity index (χ0v) is 18.6. The largest absolute Gasteiger partial charge is 0.482 e. The Hall–Kier alpha value is -0.720. The summed E-state index contributed by atoms with van der Waals surface area (Å²) in [6.07, 6.45) is 2.60. The predicted octanol–water partition coefficient (Wildman–Crippen LogP) is 4.37. The molecule has 0 aliphatic carbocycles. The first kappa shape index (κ1) is 22.0. The number of carbonyl (C=O) groups excluding carboxylic acids is 1. The Morgan fingerprint density at radius 2 is 1.68 bits per heavy atom. The average Bonchev–Trinajstić information content (AvgIpc) is 2.63. The first-order valence-corrected chi connectivity index (χ1v) is 10.9. The molecule has 0 radical (unpaired) electrons. The first-order chi connectivity index (χ1) is 13.3. The van der Waals surface area contributed by atoms with Gasteiger partial charge in [-0.05, 0) is 38.7 Å². The Morgan fingerprint density at radius 3 is 2.32 bits per heavy atom. The Balaban J connectivity index is 1.43. The minimum Gasteiger partial charge on any atom is -0.482 e. The lowest BCUT2D eigenvalue weighted by Gasteiger charge is -2.39. The first-order valence-electron chi connectivity index (χ1n) is 9.74. The maximum Gasteiger partial charge on any atom is 0.260 e. The van der Waals surface area contributed by atoms with Gasteiger partial charge in [-0.15, -0.1) is 0 Å².